The normalized spacial score (nSPS) is 10.4. The van der Waals surface area contributed by atoms with Gasteiger partial charge < -0.3 is 15.4 Å². The highest BCUT2D eigenvalue weighted by molar-refractivity contribution is 9.10. The van der Waals surface area contributed by atoms with Gasteiger partial charge in [-0.3, -0.25) is 0 Å². The summed E-state index contributed by atoms with van der Waals surface area (Å²) in [4.78, 5) is 0. The number of nitrogens with zero attached hydrogens (tertiary/aromatic N) is 1. The summed E-state index contributed by atoms with van der Waals surface area (Å²) < 4.78 is 5.68. The highest BCUT2D eigenvalue weighted by atomic mass is 79.9. The molecule has 0 fully saturated rings. The Labute approximate surface area is 88.5 Å². The second kappa shape index (κ2) is 3.34. The zero-order valence-electron chi connectivity index (χ0n) is 7.07. The van der Waals surface area contributed by atoms with Crippen LogP contribution in [-0.2, 0) is 0 Å². The van der Waals surface area contributed by atoms with Gasteiger partial charge >= 0.3 is 0 Å². The summed E-state index contributed by atoms with van der Waals surface area (Å²) in [6.07, 6.45) is 0. The van der Waals surface area contributed by atoms with Crippen LogP contribution < -0.4 is 5.73 Å². The van der Waals surface area contributed by atoms with Crippen molar-refractivity contribution in [2.75, 3.05) is 5.73 Å². The molecule has 1 aromatic carbocycles. The minimum absolute atomic E-state index is 0.121. The van der Waals surface area contributed by atoms with Gasteiger partial charge in [-0.2, -0.15) is 0 Å². The molecule has 4 nitrogen and oxygen atoms in total. The maximum absolute atomic E-state index is 9.60. The third-order valence-electron chi connectivity index (χ3n) is 1.77. The second-order valence-corrected chi connectivity index (χ2v) is 3.60. The largest absolute Gasteiger partial charge is 0.507 e. The number of aromatic nitrogens is 1. The lowest BCUT2D eigenvalue weighted by Crippen LogP contribution is -1.80. The maximum Gasteiger partial charge on any atom is 0.173 e. The molecular weight excluding hydrogens is 248 g/mol. The highest BCUT2D eigenvalue weighted by Gasteiger charge is 2.12. The molecule has 0 unspecified atom stereocenters. The van der Waals surface area contributed by atoms with E-state index >= 15 is 0 Å². The molecule has 0 saturated carbocycles. The van der Waals surface area contributed by atoms with Gasteiger partial charge in [0.15, 0.2) is 11.6 Å². The van der Waals surface area contributed by atoms with Gasteiger partial charge in [0, 0.05) is 10.5 Å². The Morgan fingerprint density at radius 2 is 2.21 bits per heavy atom. The van der Waals surface area contributed by atoms with Crippen LogP contribution in [0, 0.1) is 0 Å². The van der Waals surface area contributed by atoms with Crippen molar-refractivity contribution in [1.82, 2.24) is 5.16 Å². The fourth-order valence-corrected chi connectivity index (χ4v) is 1.71. The molecule has 14 heavy (non-hydrogen) atoms. The van der Waals surface area contributed by atoms with Crippen LogP contribution in [-0.4, -0.2) is 10.3 Å². The number of hydrogen-bond donors (Lipinski definition) is 2. The summed E-state index contributed by atoms with van der Waals surface area (Å²) >= 11 is 3.30. The number of aromatic hydroxyl groups is 1. The third kappa shape index (κ3) is 1.46. The van der Waals surface area contributed by atoms with Crippen molar-refractivity contribution in [2.24, 2.45) is 0 Å². The molecule has 2 rings (SSSR count). The van der Waals surface area contributed by atoms with E-state index in [2.05, 4.69) is 21.1 Å². The van der Waals surface area contributed by atoms with E-state index in [9.17, 15) is 5.11 Å². The quantitative estimate of drug-likeness (QED) is 0.820. The smallest absolute Gasteiger partial charge is 0.173 e. The van der Waals surface area contributed by atoms with Crippen LogP contribution in [0.2, 0.25) is 0 Å². The molecule has 0 spiro atoms. The lowest BCUT2D eigenvalue weighted by molar-refractivity contribution is 0.429. The zero-order valence-corrected chi connectivity index (χ0v) is 8.65. The van der Waals surface area contributed by atoms with Crippen molar-refractivity contribution < 1.29 is 9.63 Å². The molecule has 2 aromatic rings. The minimum atomic E-state index is 0.121. The van der Waals surface area contributed by atoms with Gasteiger partial charge in [0.2, 0.25) is 0 Å². The van der Waals surface area contributed by atoms with Crippen molar-refractivity contribution in [3.8, 4) is 17.1 Å². The SMILES string of the molecule is Nc1cc(-c2c(O)cccc2Br)on1. The summed E-state index contributed by atoms with van der Waals surface area (Å²) in [6.45, 7) is 0. The molecule has 0 saturated heterocycles. The number of phenols is 1. The van der Waals surface area contributed by atoms with E-state index < -0.39 is 0 Å². The van der Waals surface area contributed by atoms with Gasteiger partial charge in [0.1, 0.15) is 5.75 Å². The third-order valence-corrected chi connectivity index (χ3v) is 2.43. The molecule has 0 radical (unpaired) electrons. The Morgan fingerprint density at radius 3 is 2.79 bits per heavy atom. The van der Waals surface area contributed by atoms with Crippen LogP contribution in [0.1, 0.15) is 0 Å². The van der Waals surface area contributed by atoms with E-state index in [0.717, 1.165) is 4.47 Å². The first kappa shape index (κ1) is 9.08. The first-order valence-electron chi connectivity index (χ1n) is 3.88. The van der Waals surface area contributed by atoms with Gasteiger partial charge in [-0.25, -0.2) is 0 Å². The number of hydrogen-bond acceptors (Lipinski definition) is 4. The zero-order chi connectivity index (χ0) is 10.1. The Bertz CT molecular complexity index is 447. The van der Waals surface area contributed by atoms with E-state index in [4.69, 9.17) is 10.3 Å². The van der Waals surface area contributed by atoms with Crippen molar-refractivity contribution in [1.29, 1.82) is 0 Å². The van der Waals surface area contributed by atoms with Gasteiger partial charge in [-0.15, -0.1) is 0 Å². The minimum Gasteiger partial charge on any atom is -0.507 e. The van der Waals surface area contributed by atoms with Crippen LogP contribution >= 0.6 is 15.9 Å². The summed E-state index contributed by atoms with van der Waals surface area (Å²) in [5.41, 5.74) is 5.97. The van der Waals surface area contributed by atoms with E-state index in [0.29, 0.717) is 11.3 Å². The lowest BCUT2D eigenvalue weighted by Gasteiger charge is -2.01. The summed E-state index contributed by atoms with van der Waals surface area (Å²) in [5, 5.41) is 13.1. The van der Waals surface area contributed by atoms with Gasteiger partial charge in [0.05, 0.1) is 5.56 Å². The Kier molecular flexibility index (Phi) is 2.17. The van der Waals surface area contributed by atoms with E-state index in [1.54, 1.807) is 24.3 Å². The molecule has 1 heterocycles. The molecule has 0 bridgehead atoms. The molecule has 0 amide bonds. The van der Waals surface area contributed by atoms with Crippen LogP contribution in [0.5, 0.6) is 5.75 Å². The molecule has 5 heteroatoms. The van der Waals surface area contributed by atoms with Crippen LogP contribution in [0.25, 0.3) is 11.3 Å². The van der Waals surface area contributed by atoms with Crippen molar-refractivity contribution in [3.63, 3.8) is 0 Å². The molecule has 0 aliphatic carbocycles. The Morgan fingerprint density at radius 1 is 1.43 bits per heavy atom. The number of halogens is 1. The number of nitrogens with two attached hydrogens (primary N) is 1. The van der Waals surface area contributed by atoms with Crippen LogP contribution in [0.3, 0.4) is 0 Å². The number of benzene rings is 1. The molecule has 0 aliphatic heterocycles. The lowest BCUT2D eigenvalue weighted by atomic mass is 10.1. The number of phenolic OH excluding ortho intramolecular Hbond substituents is 1. The molecule has 3 N–H and O–H groups in total. The highest BCUT2D eigenvalue weighted by Crippen LogP contribution is 2.36. The Balaban J connectivity index is 2.61. The average molecular weight is 255 g/mol. The number of anilines is 1. The molecule has 0 atom stereocenters. The standard InChI is InChI=1S/C9H7BrN2O2/c10-5-2-1-3-6(13)9(5)7-4-8(11)12-14-7/h1-4,13H,(H2,11,12). The maximum atomic E-state index is 9.60. The number of rotatable bonds is 1. The second-order valence-electron chi connectivity index (χ2n) is 2.75. The predicted molar refractivity (Wildman–Crippen MR) is 55.7 cm³/mol. The molecule has 1 aromatic heterocycles. The number of nitrogen functional groups attached to an aromatic ring is 1. The molecule has 72 valence electrons. The van der Waals surface area contributed by atoms with Crippen LogP contribution in [0.15, 0.2) is 33.3 Å². The monoisotopic (exact) mass is 254 g/mol. The average Bonchev–Trinajstić information content (AvgIpc) is 2.51. The molecular formula is C9H7BrN2O2. The first-order valence-corrected chi connectivity index (χ1v) is 4.68. The van der Waals surface area contributed by atoms with E-state index in [1.807, 2.05) is 0 Å². The fraction of sp³-hybridized carbons (Fsp3) is 0. The van der Waals surface area contributed by atoms with Crippen LogP contribution in [0.4, 0.5) is 5.82 Å². The summed E-state index contributed by atoms with van der Waals surface area (Å²) in [5.74, 6) is 0.846. The topological polar surface area (TPSA) is 72.3 Å². The van der Waals surface area contributed by atoms with E-state index in [-0.39, 0.29) is 11.6 Å². The Hall–Kier alpha value is -1.49. The first-order chi connectivity index (χ1) is 6.68. The van der Waals surface area contributed by atoms with E-state index in [1.165, 1.54) is 0 Å². The van der Waals surface area contributed by atoms with Crippen molar-refractivity contribution in [2.45, 2.75) is 0 Å². The fourth-order valence-electron chi connectivity index (χ4n) is 1.16. The van der Waals surface area contributed by atoms with Crippen molar-refractivity contribution in [3.05, 3.63) is 28.7 Å². The molecule has 0 aliphatic rings. The van der Waals surface area contributed by atoms with Gasteiger partial charge in [-0.05, 0) is 28.1 Å². The van der Waals surface area contributed by atoms with Gasteiger partial charge in [0.25, 0.3) is 0 Å². The summed E-state index contributed by atoms with van der Waals surface area (Å²) in [7, 11) is 0. The van der Waals surface area contributed by atoms with Crippen molar-refractivity contribution >= 4 is 21.7 Å². The predicted octanol–water partition coefficient (Wildman–Crippen LogP) is 2.39. The summed E-state index contributed by atoms with van der Waals surface area (Å²) in [6, 6.07) is 6.65. The van der Waals surface area contributed by atoms with Gasteiger partial charge in [-0.1, -0.05) is 11.2 Å².